The van der Waals surface area contributed by atoms with Crippen LogP contribution in [0.2, 0.25) is 0 Å². The van der Waals surface area contributed by atoms with Crippen molar-refractivity contribution in [2.75, 3.05) is 38.8 Å². The van der Waals surface area contributed by atoms with Crippen molar-refractivity contribution in [2.24, 2.45) is 17.6 Å². The number of carbonyl (C=O) groups is 3. The zero-order valence-corrected chi connectivity index (χ0v) is 19.3. The Morgan fingerprint density at radius 2 is 1.76 bits per heavy atom. The summed E-state index contributed by atoms with van der Waals surface area (Å²) in [5.74, 6) is -6.95. The Hall–Kier alpha value is -3.57. The van der Waals surface area contributed by atoms with Gasteiger partial charge in [-0.3, -0.25) is 19.3 Å². The van der Waals surface area contributed by atoms with E-state index in [1.54, 1.807) is 39.2 Å². The van der Waals surface area contributed by atoms with Gasteiger partial charge in [0.1, 0.15) is 22.8 Å². The topological polar surface area (TPSA) is 191 Å². The number of nitrogens with zero attached hydrogens (tertiary/aromatic N) is 2. The van der Waals surface area contributed by atoms with Gasteiger partial charge in [0.05, 0.1) is 17.3 Å². The lowest BCUT2D eigenvalue weighted by molar-refractivity contribution is -0.148. The van der Waals surface area contributed by atoms with Gasteiger partial charge in [0.25, 0.3) is 5.91 Å². The number of amides is 1. The van der Waals surface area contributed by atoms with E-state index < -0.39 is 63.8 Å². The summed E-state index contributed by atoms with van der Waals surface area (Å²) in [5.41, 5.74) is 8.51. The molecule has 1 aromatic carbocycles. The molecule has 11 heteroatoms. The van der Waals surface area contributed by atoms with Crippen LogP contribution in [0.1, 0.15) is 22.3 Å². The van der Waals surface area contributed by atoms with Gasteiger partial charge in [0, 0.05) is 31.3 Å². The highest BCUT2D eigenvalue weighted by Crippen LogP contribution is 2.53. The number of carbonyl (C=O) groups excluding carboxylic acids is 3. The van der Waals surface area contributed by atoms with Gasteiger partial charge in [0.15, 0.2) is 11.4 Å². The number of ketones is 2. The molecule has 8 N–H and O–H groups in total. The lowest BCUT2D eigenvalue weighted by Gasteiger charge is -2.50. The monoisotopic (exact) mass is 472 g/mol. The summed E-state index contributed by atoms with van der Waals surface area (Å²) >= 11 is 0. The first-order chi connectivity index (χ1) is 15.7. The van der Waals surface area contributed by atoms with Gasteiger partial charge in [-0.15, -0.1) is 0 Å². The molecule has 0 radical (unpaired) electrons. The third-order valence-electron chi connectivity index (χ3n) is 7.21. The van der Waals surface area contributed by atoms with E-state index in [2.05, 4.69) is 0 Å². The number of rotatable bonds is 3. The van der Waals surface area contributed by atoms with Crippen LogP contribution < -0.4 is 16.4 Å². The summed E-state index contributed by atoms with van der Waals surface area (Å²) in [4.78, 5) is 42.1. The van der Waals surface area contributed by atoms with Gasteiger partial charge < -0.3 is 36.8 Å². The average Bonchev–Trinajstić information content (AvgIpc) is 2.72. The molecular weight excluding hydrogens is 444 g/mol. The minimum atomic E-state index is -2.66. The van der Waals surface area contributed by atoms with Crippen molar-refractivity contribution >= 4 is 28.8 Å². The van der Waals surface area contributed by atoms with E-state index >= 15 is 0 Å². The number of phenolic OH excluding ortho intramolecular Hbond substituents is 1. The summed E-state index contributed by atoms with van der Waals surface area (Å²) in [6, 6.07) is 0.522. The minimum Gasteiger partial charge on any atom is -0.510 e. The van der Waals surface area contributed by atoms with Crippen molar-refractivity contribution in [3.05, 3.63) is 39.9 Å². The number of anilines is 2. The Kier molecular flexibility index (Phi) is 5.18. The molecule has 0 heterocycles. The van der Waals surface area contributed by atoms with E-state index in [1.807, 2.05) is 0 Å². The van der Waals surface area contributed by atoms with Crippen molar-refractivity contribution in [1.82, 2.24) is 4.90 Å². The number of aromatic hydroxyl groups is 1. The second-order valence-corrected chi connectivity index (χ2v) is 9.54. The number of hydrogen-bond acceptors (Lipinski definition) is 10. The molecular formula is C23H28N4O7. The Labute approximate surface area is 195 Å². The number of allylic oxidation sites excluding steroid dienone is 1. The van der Waals surface area contributed by atoms with Crippen molar-refractivity contribution in [3.8, 4) is 5.75 Å². The fourth-order valence-electron chi connectivity index (χ4n) is 5.72. The van der Waals surface area contributed by atoms with Gasteiger partial charge in [-0.2, -0.15) is 0 Å². The maximum atomic E-state index is 13.6. The first-order valence-electron chi connectivity index (χ1n) is 10.7. The fourth-order valence-corrected chi connectivity index (χ4v) is 5.72. The van der Waals surface area contributed by atoms with Crippen molar-refractivity contribution in [3.63, 3.8) is 0 Å². The Morgan fingerprint density at radius 3 is 2.29 bits per heavy atom. The van der Waals surface area contributed by atoms with E-state index in [4.69, 9.17) is 11.5 Å². The van der Waals surface area contributed by atoms with Crippen LogP contribution in [0, 0.1) is 11.8 Å². The van der Waals surface area contributed by atoms with Crippen molar-refractivity contribution in [2.45, 2.75) is 24.5 Å². The number of hydrogen-bond donors (Lipinski definition) is 6. The number of primary amides is 1. The fraction of sp³-hybridized carbons (Fsp3) is 0.435. The van der Waals surface area contributed by atoms with Crippen molar-refractivity contribution < 1.29 is 34.8 Å². The van der Waals surface area contributed by atoms with Gasteiger partial charge in [0.2, 0.25) is 5.78 Å². The summed E-state index contributed by atoms with van der Waals surface area (Å²) < 4.78 is 0. The number of nitrogen functional groups attached to an aromatic ring is 1. The molecule has 1 amide bonds. The molecule has 0 spiro atoms. The molecule has 11 nitrogen and oxygen atoms in total. The number of Topliss-reactive ketones (excluding diaryl/α,β-unsaturated/α-hetero) is 2. The lowest BCUT2D eigenvalue weighted by atomic mass is 9.58. The van der Waals surface area contributed by atoms with Crippen molar-refractivity contribution in [1.29, 1.82) is 0 Å². The molecule has 34 heavy (non-hydrogen) atoms. The number of phenols is 1. The molecule has 0 fully saturated rings. The second-order valence-electron chi connectivity index (χ2n) is 9.54. The smallest absolute Gasteiger partial charge is 0.255 e. The van der Waals surface area contributed by atoms with Crippen LogP contribution in [0.4, 0.5) is 11.4 Å². The molecule has 0 aromatic heterocycles. The SMILES string of the molecule is CN(C)c1cc(N)c(O)c2c1C[C@@H]1C[C@@H]3[C@@H](N(C)C)C(O)=C(C(N)=O)C(=O)[C@@]3(O)C(O)=C1C2=O. The summed E-state index contributed by atoms with van der Waals surface area (Å²) in [7, 11) is 6.68. The molecule has 0 saturated heterocycles. The normalized spacial score (nSPS) is 28.6. The number of aliphatic hydroxyl groups is 3. The van der Waals surface area contributed by atoms with E-state index in [0.717, 1.165) is 0 Å². The molecule has 4 atom stereocenters. The Balaban J connectivity index is 2.00. The highest BCUT2D eigenvalue weighted by molar-refractivity contribution is 6.25. The van der Waals surface area contributed by atoms with Gasteiger partial charge in [-0.05, 0) is 44.5 Å². The maximum absolute atomic E-state index is 13.6. The molecule has 182 valence electrons. The molecule has 3 aliphatic rings. The first-order valence-corrected chi connectivity index (χ1v) is 10.7. The third-order valence-corrected chi connectivity index (χ3v) is 7.21. The summed E-state index contributed by atoms with van der Waals surface area (Å²) in [6.07, 6.45) is 0.236. The third kappa shape index (κ3) is 2.86. The molecule has 0 bridgehead atoms. The predicted octanol–water partition coefficient (Wildman–Crippen LogP) is -0.231. The van der Waals surface area contributed by atoms with Crippen LogP contribution in [-0.4, -0.2) is 82.6 Å². The highest BCUT2D eigenvalue weighted by Gasteiger charge is 2.63. The molecule has 1 aromatic rings. The number of nitrogens with two attached hydrogens (primary N) is 2. The minimum absolute atomic E-state index is 0.0315. The number of benzene rings is 1. The highest BCUT2D eigenvalue weighted by atomic mass is 16.3. The summed E-state index contributed by atoms with van der Waals surface area (Å²) in [6.45, 7) is 0. The Bertz CT molecular complexity index is 1220. The van der Waals surface area contributed by atoms with Gasteiger partial charge >= 0.3 is 0 Å². The molecule has 0 aliphatic heterocycles. The van der Waals surface area contributed by atoms with E-state index in [1.165, 1.54) is 4.90 Å². The van der Waals surface area contributed by atoms with Crippen LogP contribution in [0.5, 0.6) is 5.75 Å². The molecule has 0 saturated carbocycles. The zero-order valence-electron chi connectivity index (χ0n) is 19.3. The standard InChI is InChI=1S/C23H28N4O7/c1-26(2)12-7-11(24)17(28)14-9(12)5-8-6-10-16(27(3)4)19(30)15(22(25)33)21(32)23(10,34)20(31)13(8)18(14)29/h7-8,10,16,28,30-31,34H,5-6,24H2,1-4H3,(H2,25,33)/t8-,10-,16-,23+/m1/s1. The maximum Gasteiger partial charge on any atom is 0.255 e. The number of likely N-dealkylation sites (N-methyl/N-ethyl adjacent to an activating group) is 1. The van der Waals surface area contributed by atoms with Crippen LogP contribution >= 0.6 is 0 Å². The Morgan fingerprint density at radius 1 is 1.15 bits per heavy atom. The molecule has 4 rings (SSSR count). The van der Waals surface area contributed by atoms with Crippen LogP contribution in [0.3, 0.4) is 0 Å². The molecule has 3 aliphatic carbocycles. The first kappa shape index (κ1) is 23.6. The van der Waals surface area contributed by atoms with Crippen LogP contribution in [0.15, 0.2) is 28.7 Å². The predicted molar refractivity (Wildman–Crippen MR) is 122 cm³/mol. The lowest BCUT2D eigenvalue weighted by Crippen LogP contribution is -2.63. The van der Waals surface area contributed by atoms with E-state index in [-0.39, 0.29) is 29.7 Å². The zero-order chi connectivity index (χ0) is 25.4. The largest absolute Gasteiger partial charge is 0.510 e. The second kappa shape index (κ2) is 7.47. The van der Waals surface area contributed by atoms with Crippen LogP contribution in [0.25, 0.3) is 0 Å². The van der Waals surface area contributed by atoms with E-state index in [9.17, 15) is 34.8 Å². The summed E-state index contributed by atoms with van der Waals surface area (Å²) in [5, 5.41) is 44.2. The quantitative estimate of drug-likeness (QED) is 0.195. The average molecular weight is 472 g/mol. The number of fused-ring (bicyclic) bond motifs is 3. The van der Waals surface area contributed by atoms with Gasteiger partial charge in [-0.1, -0.05) is 0 Å². The number of aliphatic hydroxyl groups excluding tert-OH is 2. The van der Waals surface area contributed by atoms with E-state index in [0.29, 0.717) is 11.3 Å². The molecule has 0 unspecified atom stereocenters. The van der Waals surface area contributed by atoms with Gasteiger partial charge in [-0.25, -0.2) is 0 Å². The van der Waals surface area contributed by atoms with Crippen LogP contribution in [-0.2, 0) is 16.0 Å².